The number of hydrogen-bond donors (Lipinski definition) is 2. The molecule has 6 heteroatoms. The van der Waals surface area contributed by atoms with E-state index in [1.54, 1.807) is 31.6 Å². The van der Waals surface area contributed by atoms with Crippen LogP contribution in [0.3, 0.4) is 0 Å². The summed E-state index contributed by atoms with van der Waals surface area (Å²) in [6.45, 7) is 0.946. The maximum atomic E-state index is 12.3. The van der Waals surface area contributed by atoms with E-state index in [0.29, 0.717) is 24.2 Å². The largest absolute Gasteiger partial charge is 0.507 e. The lowest BCUT2D eigenvalue weighted by Gasteiger charge is -2.12. The van der Waals surface area contributed by atoms with Crippen molar-refractivity contribution in [3.05, 3.63) is 88.5 Å². The van der Waals surface area contributed by atoms with Crippen LogP contribution in [0, 0.1) is 0 Å². The van der Waals surface area contributed by atoms with E-state index in [4.69, 9.17) is 9.15 Å². The topological polar surface area (TPSA) is 84.6 Å². The lowest BCUT2D eigenvalue weighted by Crippen LogP contribution is -2.13. The van der Waals surface area contributed by atoms with Crippen LogP contribution in [-0.4, -0.2) is 17.2 Å². The van der Waals surface area contributed by atoms with Gasteiger partial charge in [0.05, 0.1) is 12.7 Å². The SMILES string of the molecule is COc1ccc(-c2cc(=O)oc3c(CNCc4ccncc4)c(O)ccc23)cc1. The molecule has 2 N–H and O–H groups in total. The molecule has 146 valence electrons. The van der Waals surface area contributed by atoms with Crippen LogP contribution >= 0.6 is 0 Å². The number of ether oxygens (including phenoxy) is 1. The molecule has 2 aromatic heterocycles. The molecule has 0 amide bonds. The molecule has 0 aliphatic heterocycles. The molecule has 0 unspecified atom stereocenters. The normalized spacial score (nSPS) is 10.9. The van der Waals surface area contributed by atoms with Gasteiger partial charge in [0.25, 0.3) is 0 Å². The molecule has 0 saturated carbocycles. The Balaban J connectivity index is 1.72. The number of aromatic hydroxyl groups is 1. The Morgan fingerprint density at radius 2 is 1.79 bits per heavy atom. The van der Waals surface area contributed by atoms with Crippen LogP contribution in [0.2, 0.25) is 0 Å². The van der Waals surface area contributed by atoms with Crippen molar-refractivity contribution in [3.63, 3.8) is 0 Å². The molecule has 4 rings (SSSR count). The van der Waals surface area contributed by atoms with Crippen molar-refractivity contribution in [1.82, 2.24) is 10.3 Å². The summed E-state index contributed by atoms with van der Waals surface area (Å²) >= 11 is 0. The van der Waals surface area contributed by atoms with E-state index in [1.807, 2.05) is 36.4 Å². The van der Waals surface area contributed by atoms with Gasteiger partial charge in [-0.3, -0.25) is 4.98 Å². The molecule has 0 atom stereocenters. The van der Waals surface area contributed by atoms with Crippen LogP contribution in [0.5, 0.6) is 11.5 Å². The fourth-order valence-electron chi connectivity index (χ4n) is 3.28. The summed E-state index contributed by atoms with van der Waals surface area (Å²) < 4.78 is 10.7. The van der Waals surface area contributed by atoms with Crippen LogP contribution < -0.4 is 15.7 Å². The van der Waals surface area contributed by atoms with Gasteiger partial charge in [-0.2, -0.15) is 0 Å². The first-order valence-electron chi connectivity index (χ1n) is 9.18. The zero-order chi connectivity index (χ0) is 20.2. The summed E-state index contributed by atoms with van der Waals surface area (Å²) in [5.74, 6) is 0.814. The quantitative estimate of drug-likeness (QED) is 0.488. The zero-order valence-electron chi connectivity index (χ0n) is 15.9. The third kappa shape index (κ3) is 3.97. The molecule has 0 saturated heterocycles. The molecule has 0 fully saturated rings. The monoisotopic (exact) mass is 388 g/mol. The number of phenols is 1. The third-order valence-electron chi connectivity index (χ3n) is 4.77. The van der Waals surface area contributed by atoms with E-state index in [-0.39, 0.29) is 5.75 Å². The molecular weight excluding hydrogens is 368 g/mol. The van der Waals surface area contributed by atoms with Gasteiger partial charge in [0.1, 0.15) is 17.1 Å². The molecule has 2 heterocycles. The number of aromatic nitrogens is 1. The van der Waals surface area contributed by atoms with Crippen molar-refractivity contribution in [2.75, 3.05) is 7.11 Å². The maximum absolute atomic E-state index is 12.3. The molecule has 4 aromatic rings. The van der Waals surface area contributed by atoms with Crippen molar-refractivity contribution in [2.24, 2.45) is 0 Å². The van der Waals surface area contributed by atoms with Gasteiger partial charge >= 0.3 is 5.63 Å². The van der Waals surface area contributed by atoms with Crippen LogP contribution in [0.4, 0.5) is 0 Å². The summed E-state index contributed by atoms with van der Waals surface area (Å²) in [5, 5.41) is 14.4. The number of fused-ring (bicyclic) bond motifs is 1. The molecule has 29 heavy (non-hydrogen) atoms. The number of benzene rings is 2. The van der Waals surface area contributed by atoms with E-state index in [9.17, 15) is 9.90 Å². The van der Waals surface area contributed by atoms with E-state index < -0.39 is 5.63 Å². The number of rotatable bonds is 6. The van der Waals surface area contributed by atoms with Gasteiger partial charge in [0.2, 0.25) is 0 Å². The van der Waals surface area contributed by atoms with Gasteiger partial charge in [0.15, 0.2) is 0 Å². The Morgan fingerprint density at radius 1 is 1.03 bits per heavy atom. The Kier molecular flexibility index (Phi) is 5.27. The van der Waals surface area contributed by atoms with Gasteiger partial charge in [-0.25, -0.2) is 4.79 Å². The second-order valence-corrected chi connectivity index (χ2v) is 6.61. The maximum Gasteiger partial charge on any atom is 0.336 e. The molecule has 0 aliphatic carbocycles. The smallest absolute Gasteiger partial charge is 0.336 e. The summed E-state index contributed by atoms with van der Waals surface area (Å²) in [5.41, 5.74) is 3.14. The predicted molar refractivity (Wildman–Crippen MR) is 111 cm³/mol. The van der Waals surface area contributed by atoms with Crippen molar-refractivity contribution < 1.29 is 14.3 Å². The summed E-state index contributed by atoms with van der Waals surface area (Å²) in [7, 11) is 1.61. The molecule has 0 spiro atoms. The highest BCUT2D eigenvalue weighted by Gasteiger charge is 2.15. The van der Waals surface area contributed by atoms with Gasteiger partial charge < -0.3 is 19.6 Å². The number of hydrogen-bond acceptors (Lipinski definition) is 6. The molecular formula is C23H20N2O4. The standard InChI is InChI=1S/C23H20N2O4/c1-28-17-4-2-16(3-5-17)19-12-22(27)29-23-18(19)6-7-21(26)20(23)14-25-13-15-8-10-24-11-9-15/h2-12,25-26H,13-14H2,1H3. The lowest BCUT2D eigenvalue weighted by molar-refractivity contribution is 0.415. The van der Waals surface area contributed by atoms with Crippen molar-refractivity contribution in [1.29, 1.82) is 0 Å². The molecule has 0 radical (unpaired) electrons. The van der Waals surface area contributed by atoms with Crippen LogP contribution in [0.15, 0.2) is 76.2 Å². The Labute approximate surface area is 167 Å². The molecule has 2 aromatic carbocycles. The van der Waals surface area contributed by atoms with Crippen LogP contribution in [0.25, 0.3) is 22.1 Å². The fourth-order valence-corrected chi connectivity index (χ4v) is 3.28. The van der Waals surface area contributed by atoms with E-state index in [2.05, 4.69) is 10.3 Å². The van der Waals surface area contributed by atoms with Crippen LogP contribution in [-0.2, 0) is 13.1 Å². The zero-order valence-corrected chi connectivity index (χ0v) is 15.9. The molecule has 0 bridgehead atoms. The van der Waals surface area contributed by atoms with Crippen molar-refractivity contribution in [2.45, 2.75) is 13.1 Å². The minimum absolute atomic E-state index is 0.0785. The summed E-state index contributed by atoms with van der Waals surface area (Å²) in [6, 6.07) is 16.1. The number of phenolic OH excluding ortho intramolecular Hbond substituents is 1. The molecule has 0 aliphatic rings. The highest BCUT2D eigenvalue weighted by atomic mass is 16.5. The van der Waals surface area contributed by atoms with Gasteiger partial charge in [0, 0.05) is 36.9 Å². The second-order valence-electron chi connectivity index (χ2n) is 6.61. The minimum atomic E-state index is -0.468. The van der Waals surface area contributed by atoms with Gasteiger partial charge in [-0.15, -0.1) is 0 Å². The lowest BCUT2D eigenvalue weighted by atomic mass is 9.99. The average molecular weight is 388 g/mol. The van der Waals surface area contributed by atoms with Crippen molar-refractivity contribution >= 4 is 11.0 Å². The highest BCUT2D eigenvalue weighted by molar-refractivity contribution is 5.95. The van der Waals surface area contributed by atoms with E-state index in [1.165, 1.54) is 6.07 Å². The van der Waals surface area contributed by atoms with E-state index in [0.717, 1.165) is 27.8 Å². The van der Waals surface area contributed by atoms with Gasteiger partial charge in [-0.1, -0.05) is 12.1 Å². The third-order valence-corrected chi connectivity index (χ3v) is 4.77. The Hall–Kier alpha value is -3.64. The average Bonchev–Trinajstić information content (AvgIpc) is 2.75. The first kappa shape index (κ1) is 18.7. The Morgan fingerprint density at radius 3 is 2.52 bits per heavy atom. The molecule has 6 nitrogen and oxygen atoms in total. The minimum Gasteiger partial charge on any atom is -0.507 e. The number of methoxy groups -OCH3 is 1. The van der Waals surface area contributed by atoms with Crippen LogP contribution in [0.1, 0.15) is 11.1 Å². The summed E-state index contributed by atoms with van der Waals surface area (Å²) in [4.78, 5) is 16.3. The second kappa shape index (κ2) is 8.16. The summed E-state index contributed by atoms with van der Waals surface area (Å²) in [6.07, 6.45) is 3.46. The van der Waals surface area contributed by atoms with E-state index >= 15 is 0 Å². The first-order chi connectivity index (χ1) is 14.2. The number of pyridine rings is 1. The number of nitrogens with zero attached hydrogens (tertiary/aromatic N) is 1. The fraction of sp³-hybridized carbons (Fsp3) is 0.130. The highest BCUT2D eigenvalue weighted by Crippen LogP contribution is 2.33. The predicted octanol–water partition coefficient (Wildman–Crippen LogP) is 3.86. The Bertz CT molecular complexity index is 1190. The van der Waals surface area contributed by atoms with Crippen molar-refractivity contribution in [3.8, 4) is 22.6 Å². The first-order valence-corrected chi connectivity index (χ1v) is 9.18. The van der Waals surface area contributed by atoms with Gasteiger partial charge in [-0.05, 0) is 53.1 Å². The number of nitrogens with one attached hydrogen (secondary N) is 1.